The van der Waals surface area contributed by atoms with Crippen LogP contribution in [-0.2, 0) is 11.3 Å². The number of ether oxygens (including phenoxy) is 1. The summed E-state index contributed by atoms with van der Waals surface area (Å²) in [6.45, 7) is 5.92. The fourth-order valence-corrected chi connectivity index (χ4v) is 3.99. The molecule has 0 bridgehead atoms. The Hall–Kier alpha value is -2.73. The lowest BCUT2D eigenvalue weighted by Gasteiger charge is -2.34. The van der Waals surface area contributed by atoms with Crippen molar-refractivity contribution in [3.63, 3.8) is 0 Å². The van der Waals surface area contributed by atoms with Gasteiger partial charge in [-0.1, -0.05) is 30.3 Å². The van der Waals surface area contributed by atoms with Crippen LogP contribution in [0.2, 0.25) is 0 Å². The number of amides is 2. The van der Waals surface area contributed by atoms with Crippen molar-refractivity contribution >= 4 is 17.4 Å². The van der Waals surface area contributed by atoms with Crippen LogP contribution >= 0.6 is 0 Å². The molecule has 0 aromatic heterocycles. The maximum Gasteiger partial charge on any atom is 0.315 e. The average molecular weight is 395 g/mol. The third kappa shape index (κ3) is 5.41. The molecule has 2 amide bonds. The zero-order valence-corrected chi connectivity index (χ0v) is 16.8. The SMILES string of the molecule is O=C(NCc1ccc(N2CCOCC2)cc1)NC1CCN(c2ccccc2)CC1. The second-order valence-electron chi connectivity index (χ2n) is 7.69. The normalized spacial score (nSPS) is 17.8. The van der Waals surface area contributed by atoms with E-state index in [4.69, 9.17) is 4.74 Å². The molecular formula is C23H30N4O2. The molecule has 154 valence electrons. The standard InChI is InChI=1S/C23H30N4O2/c28-23(25-20-10-12-26(13-11-20)21-4-2-1-3-5-21)24-18-19-6-8-22(9-7-19)27-14-16-29-17-15-27/h1-9,20H,10-18H2,(H2,24,25,28). The summed E-state index contributed by atoms with van der Waals surface area (Å²) >= 11 is 0. The lowest BCUT2D eigenvalue weighted by atomic mass is 10.0. The molecule has 29 heavy (non-hydrogen) atoms. The molecule has 2 fully saturated rings. The lowest BCUT2D eigenvalue weighted by molar-refractivity contribution is 0.122. The summed E-state index contributed by atoms with van der Waals surface area (Å²) < 4.78 is 5.40. The first kappa shape index (κ1) is 19.6. The summed E-state index contributed by atoms with van der Waals surface area (Å²) in [6.07, 6.45) is 1.94. The van der Waals surface area contributed by atoms with Gasteiger partial charge in [0.2, 0.25) is 0 Å². The molecule has 2 heterocycles. The summed E-state index contributed by atoms with van der Waals surface area (Å²) in [6, 6.07) is 19.0. The minimum atomic E-state index is -0.0829. The highest BCUT2D eigenvalue weighted by Gasteiger charge is 2.20. The quantitative estimate of drug-likeness (QED) is 0.819. The highest BCUT2D eigenvalue weighted by molar-refractivity contribution is 5.74. The first-order valence-electron chi connectivity index (χ1n) is 10.5. The van der Waals surface area contributed by atoms with Gasteiger partial charge in [0, 0.05) is 50.1 Å². The first-order chi connectivity index (χ1) is 14.3. The number of rotatable bonds is 5. The number of urea groups is 1. The van der Waals surface area contributed by atoms with Gasteiger partial charge in [0.1, 0.15) is 0 Å². The van der Waals surface area contributed by atoms with Crippen molar-refractivity contribution in [3.8, 4) is 0 Å². The van der Waals surface area contributed by atoms with Crippen molar-refractivity contribution in [1.29, 1.82) is 0 Å². The summed E-state index contributed by atoms with van der Waals surface area (Å²) in [5, 5.41) is 6.12. The number of para-hydroxylation sites is 1. The van der Waals surface area contributed by atoms with E-state index in [1.165, 1.54) is 11.4 Å². The molecule has 6 heteroatoms. The van der Waals surface area contributed by atoms with Crippen molar-refractivity contribution in [2.45, 2.75) is 25.4 Å². The minimum Gasteiger partial charge on any atom is -0.378 e. The number of nitrogens with one attached hydrogen (secondary N) is 2. The Balaban J connectivity index is 1.18. The highest BCUT2D eigenvalue weighted by atomic mass is 16.5. The maximum atomic E-state index is 12.3. The monoisotopic (exact) mass is 394 g/mol. The number of carbonyl (C=O) groups is 1. The second-order valence-corrected chi connectivity index (χ2v) is 7.69. The van der Waals surface area contributed by atoms with Crippen molar-refractivity contribution in [1.82, 2.24) is 10.6 Å². The molecule has 0 radical (unpaired) electrons. The smallest absolute Gasteiger partial charge is 0.315 e. The summed E-state index contributed by atoms with van der Waals surface area (Å²) in [7, 11) is 0. The van der Waals surface area contributed by atoms with E-state index in [9.17, 15) is 4.79 Å². The number of piperidine rings is 1. The van der Waals surface area contributed by atoms with Crippen LogP contribution in [0, 0.1) is 0 Å². The molecule has 6 nitrogen and oxygen atoms in total. The molecule has 0 saturated carbocycles. The maximum absolute atomic E-state index is 12.3. The van der Waals surface area contributed by atoms with Crippen LogP contribution in [0.5, 0.6) is 0 Å². The van der Waals surface area contributed by atoms with Gasteiger partial charge in [-0.15, -0.1) is 0 Å². The van der Waals surface area contributed by atoms with Crippen molar-refractivity contribution in [2.75, 3.05) is 49.2 Å². The second kappa shape index (κ2) is 9.65. The Morgan fingerprint density at radius 1 is 0.862 bits per heavy atom. The third-order valence-electron chi connectivity index (χ3n) is 5.72. The molecule has 4 rings (SSSR count). The van der Waals surface area contributed by atoms with Crippen LogP contribution in [0.1, 0.15) is 18.4 Å². The molecule has 0 atom stereocenters. The Kier molecular flexibility index (Phi) is 6.52. The molecule has 2 aromatic carbocycles. The van der Waals surface area contributed by atoms with Gasteiger partial charge in [0.15, 0.2) is 0 Å². The van der Waals surface area contributed by atoms with Crippen LogP contribution in [0.4, 0.5) is 16.2 Å². The van der Waals surface area contributed by atoms with Gasteiger partial charge >= 0.3 is 6.03 Å². The number of benzene rings is 2. The minimum absolute atomic E-state index is 0.0829. The lowest BCUT2D eigenvalue weighted by Crippen LogP contribution is -2.47. The van der Waals surface area contributed by atoms with E-state index >= 15 is 0 Å². The zero-order valence-electron chi connectivity index (χ0n) is 16.8. The van der Waals surface area contributed by atoms with E-state index in [-0.39, 0.29) is 12.1 Å². The fourth-order valence-electron chi connectivity index (χ4n) is 3.99. The number of hydrogen-bond acceptors (Lipinski definition) is 4. The van der Waals surface area contributed by atoms with Crippen molar-refractivity contribution < 1.29 is 9.53 Å². The van der Waals surface area contributed by atoms with Gasteiger partial charge in [-0.25, -0.2) is 4.79 Å². The molecule has 0 unspecified atom stereocenters. The van der Waals surface area contributed by atoms with E-state index < -0.39 is 0 Å². The highest BCUT2D eigenvalue weighted by Crippen LogP contribution is 2.19. The first-order valence-corrected chi connectivity index (χ1v) is 10.5. The number of hydrogen-bond donors (Lipinski definition) is 2. The largest absolute Gasteiger partial charge is 0.378 e. The van der Waals surface area contributed by atoms with E-state index in [2.05, 4.69) is 69.0 Å². The molecule has 2 saturated heterocycles. The number of nitrogens with zero attached hydrogens (tertiary/aromatic N) is 2. The van der Waals surface area contributed by atoms with Crippen LogP contribution in [0.3, 0.4) is 0 Å². The van der Waals surface area contributed by atoms with E-state index in [1.54, 1.807) is 0 Å². The van der Waals surface area contributed by atoms with Crippen molar-refractivity contribution in [2.24, 2.45) is 0 Å². The molecule has 2 N–H and O–H groups in total. The van der Waals surface area contributed by atoms with Crippen molar-refractivity contribution in [3.05, 3.63) is 60.2 Å². The molecule has 0 spiro atoms. The number of morpholine rings is 1. The fraction of sp³-hybridized carbons (Fsp3) is 0.435. The Labute approximate surface area is 172 Å². The third-order valence-corrected chi connectivity index (χ3v) is 5.72. The summed E-state index contributed by atoms with van der Waals surface area (Å²) in [5.74, 6) is 0. The van der Waals surface area contributed by atoms with Crippen LogP contribution in [-0.4, -0.2) is 51.5 Å². The molecule has 2 aliphatic rings. The van der Waals surface area contributed by atoms with Crippen LogP contribution in [0.25, 0.3) is 0 Å². The van der Waals surface area contributed by atoms with Gasteiger partial charge in [-0.05, 0) is 42.7 Å². The molecule has 2 aromatic rings. The topological polar surface area (TPSA) is 56.8 Å². The Morgan fingerprint density at radius 2 is 1.48 bits per heavy atom. The summed E-state index contributed by atoms with van der Waals surface area (Å²) in [4.78, 5) is 17.0. The average Bonchev–Trinajstić information content (AvgIpc) is 2.80. The van der Waals surface area contributed by atoms with E-state index in [0.29, 0.717) is 6.54 Å². The van der Waals surface area contributed by atoms with Gasteiger partial charge in [-0.2, -0.15) is 0 Å². The summed E-state index contributed by atoms with van der Waals surface area (Å²) in [5.41, 5.74) is 3.58. The van der Waals surface area contributed by atoms with Crippen LogP contribution in [0.15, 0.2) is 54.6 Å². The molecule has 0 aliphatic carbocycles. The van der Waals surface area contributed by atoms with Crippen LogP contribution < -0.4 is 20.4 Å². The number of carbonyl (C=O) groups excluding carboxylic acids is 1. The zero-order chi connectivity index (χ0) is 19.9. The Bertz CT molecular complexity index is 767. The molecular weight excluding hydrogens is 364 g/mol. The van der Waals surface area contributed by atoms with Gasteiger partial charge in [-0.3, -0.25) is 0 Å². The van der Waals surface area contributed by atoms with Gasteiger partial charge in [0.25, 0.3) is 0 Å². The van der Waals surface area contributed by atoms with E-state index in [0.717, 1.165) is 57.8 Å². The predicted octanol–water partition coefficient (Wildman–Crippen LogP) is 2.99. The van der Waals surface area contributed by atoms with Gasteiger partial charge < -0.3 is 25.2 Å². The molecule has 2 aliphatic heterocycles. The Morgan fingerprint density at radius 3 is 2.17 bits per heavy atom. The number of anilines is 2. The van der Waals surface area contributed by atoms with Gasteiger partial charge in [0.05, 0.1) is 13.2 Å². The van der Waals surface area contributed by atoms with E-state index in [1.807, 2.05) is 6.07 Å². The predicted molar refractivity (Wildman–Crippen MR) is 117 cm³/mol.